The van der Waals surface area contributed by atoms with Gasteiger partial charge in [0.2, 0.25) is 5.91 Å². The molecular weight excluding hydrogens is 346 g/mol. The van der Waals surface area contributed by atoms with Crippen molar-refractivity contribution in [3.05, 3.63) is 48.0 Å². The Bertz CT molecular complexity index is 832. The van der Waals surface area contributed by atoms with E-state index in [4.69, 9.17) is 15.2 Å². The number of methoxy groups -OCH3 is 1. The number of anilines is 2. The Labute approximate surface area is 158 Å². The molecule has 1 fully saturated rings. The smallest absolute Gasteiger partial charge is 0.262 e. The number of carbonyl (C=O) groups excluding carboxylic acids is 2. The molecule has 142 valence electrons. The van der Waals surface area contributed by atoms with Crippen LogP contribution in [0.25, 0.3) is 0 Å². The van der Waals surface area contributed by atoms with E-state index in [1.165, 1.54) is 0 Å². The molecule has 1 saturated heterocycles. The van der Waals surface area contributed by atoms with Gasteiger partial charge in [0.05, 0.1) is 18.5 Å². The second kappa shape index (κ2) is 8.44. The topological polar surface area (TPSA) is 93.9 Å². The summed E-state index contributed by atoms with van der Waals surface area (Å²) in [5.74, 6) is 0.173. The van der Waals surface area contributed by atoms with Crippen molar-refractivity contribution in [1.29, 1.82) is 0 Å². The van der Waals surface area contributed by atoms with E-state index in [0.717, 1.165) is 31.6 Å². The second-order valence-corrected chi connectivity index (χ2v) is 6.28. The van der Waals surface area contributed by atoms with Crippen LogP contribution in [0, 0.1) is 0 Å². The summed E-state index contributed by atoms with van der Waals surface area (Å²) in [6.45, 7) is 1.65. The van der Waals surface area contributed by atoms with Crippen LogP contribution < -0.4 is 25.4 Å². The van der Waals surface area contributed by atoms with E-state index in [0.29, 0.717) is 22.7 Å². The maximum Gasteiger partial charge on any atom is 0.262 e. The largest absolute Gasteiger partial charge is 0.493 e. The third kappa shape index (κ3) is 4.49. The summed E-state index contributed by atoms with van der Waals surface area (Å²) in [5, 5.41) is 2.84. The lowest BCUT2D eigenvalue weighted by Crippen LogP contribution is -2.24. The van der Waals surface area contributed by atoms with Gasteiger partial charge < -0.3 is 25.4 Å². The molecule has 2 amide bonds. The van der Waals surface area contributed by atoms with Gasteiger partial charge in [0, 0.05) is 18.7 Å². The number of hydrogen-bond acceptors (Lipinski definition) is 5. The molecule has 0 radical (unpaired) electrons. The fraction of sp³-hybridized carbons (Fsp3) is 0.300. The molecule has 1 aliphatic rings. The molecule has 3 rings (SSSR count). The zero-order valence-electron chi connectivity index (χ0n) is 15.2. The molecule has 1 aliphatic heterocycles. The highest BCUT2D eigenvalue weighted by Crippen LogP contribution is 2.30. The van der Waals surface area contributed by atoms with Crippen molar-refractivity contribution in [2.24, 2.45) is 5.73 Å². The number of nitrogens with two attached hydrogens (primary N) is 1. The van der Waals surface area contributed by atoms with Gasteiger partial charge in [0.1, 0.15) is 0 Å². The van der Waals surface area contributed by atoms with Gasteiger partial charge in [-0.25, -0.2) is 0 Å². The highest BCUT2D eigenvalue weighted by atomic mass is 16.5. The maximum atomic E-state index is 12.4. The summed E-state index contributed by atoms with van der Waals surface area (Å²) in [6.07, 6.45) is 2.20. The highest BCUT2D eigenvalue weighted by Gasteiger charge is 2.18. The van der Waals surface area contributed by atoms with Gasteiger partial charge in [0.15, 0.2) is 18.1 Å². The summed E-state index contributed by atoms with van der Waals surface area (Å²) in [4.78, 5) is 26.1. The molecule has 0 aromatic heterocycles. The van der Waals surface area contributed by atoms with Gasteiger partial charge in [0.25, 0.3) is 5.91 Å². The van der Waals surface area contributed by atoms with Crippen molar-refractivity contribution < 1.29 is 19.1 Å². The van der Waals surface area contributed by atoms with Gasteiger partial charge in [-0.3, -0.25) is 9.59 Å². The lowest BCUT2D eigenvalue weighted by atomic mass is 10.1. The molecule has 2 aromatic rings. The third-order valence-electron chi connectivity index (χ3n) is 4.43. The zero-order chi connectivity index (χ0) is 19.2. The van der Waals surface area contributed by atoms with Crippen LogP contribution >= 0.6 is 0 Å². The van der Waals surface area contributed by atoms with Gasteiger partial charge in [-0.05, 0) is 43.2 Å². The Morgan fingerprint density at radius 2 is 1.81 bits per heavy atom. The first-order valence-electron chi connectivity index (χ1n) is 8.83. The number of carbonyl (C=O) groups is 2. The highest BCUT2D eigenvalue weighted by molar-refractivity contribution is 5.99. The summed E-state index contributed by atoms with van der Waals surface area (Å²) in [5.41, 5.74) is 7.16. The number of nitrogens with zero attached hydrogens (tertiary/aromatic N) is 1. The summed E-state index contributed by atoms with van der Waals surface area (Å²) >= 11 is 0. The van der Waals surface area contributed by atoms with Crippen molar-refractivity contribution in [1.82, 2.24) is 0 Å². The number of benzene rings is 2. The van der Waals surface area contributed by atoms with Crippen LogP contribution in [0.4, 0.5) is 11.4 Å². The molecule has 0 bridgehead atoms. The van der Waals surface area contributed by atoms with E-state index >= 15 is 0 Å². The van der Waals surface area contributed by atoms with Crippen LogP contribution in [0.15, 0.2) is 42.5 Å². The zero-order valence-corrected chi connectivity index (χ0v) is 15.2. The first kappa shape index (κ1) is 18.6. The van der Waals surface area contributed by atoms with Crippen LogP contribution in [-0.2, 0) is 4.79 Å². The second-order valence-electron chi connectivity index (χ2n) is 6.28. The van der Waals surface area contributed by atoms with Crippen LogP contribution in [-0.4, -0.2) is 38.6 Å². The molecule has 7 nitrogen and oxygen atoms in total. The van der Waals surface area contributed by atoms with Crippen molar-refractivity contribution in [3.63, 3.8) is 0 Å². The van der Waals surface area contributed by atoms with Crippen LogP contribution in [0.2, 0.25) is 0 Å². The van der Waals surface area contributed by atoms with Crippen LogP contribution in [0.3, 0.4) is 0 Å². The monoisotopic (exact) mass is 369 g/mol. The molecule has 3 N–H and O–H groups in total. The molecule has 7 heteroatoms. The van der Waals surface area contributed by atoms with E-state index in [-0.39, 0.29) is 12.5 Å². The van der Waals surface area contributed by atoms with E-state index < -0.39 is 5.91 Å². The fourth-order valence-electron chi connectivity index (χ4n) is 3.09. The third-order valence-corrected chi connectivity index (χ3v) is 4.43. The van der Waals surface area contributed by atoms with Crippen LogP contribution in [0.1, 0.15) is 23.2 Å². The van der Waals surface area contributed by atoms with Gasteiger partial charge in [-0.1, -0.05) is 12.1 Å². The predicted molar refractivity (Wildman–Crippen MR) is 104 cm³/mol. The molecular formula is C20H23N3O4. The number of primary amides is 1. The van der Waals surface area contributed by atoms with E-state index in [2.05, 4.69) is 10.2 Å². The summed E-state index contributed by atoms with van der Waals surface area (Å²) in [7, 11) is 1.54. The Hall–Kier alpha value is -3.22. The molecule has 0 aliphatic carbocycles. The van der Waals surface area contributed by atoms with Gasteiger partial charge in [-0.2, -0.15) is 0 Å². The number of ether oxygens (including phenoxy) is 2. The molecule has 2 aromatic carbocycles. The molecule has 0 unspecified atom stereocenters. The minimum Gasteiger partial charge on any atom is -0.493 e. The predicted octanol–water partition coefficient (Wildman–Crippen LogP) is 2.41. The molecule has 0 saturated carbocycles. The normalized spacial score (nSPS) is 13.3. The number of hydrogen-bond donors (Lipinski definition) is 2. The Kier molecular flexibility index (Phi) is 5.80. The average Bonchev–Trinajstić information content (AvgIpc) is 3.21. The first-order valence-corrected chi connectivity index (χ1v) is 8.83. The number of rotatable bonds is 7. The lowest BCUT2D eigenvalue weighted by Gasteiger charge is -2.22. The van der Waals surface area contributed by atoms with Crippen LogP contribution in [0.5, 0.6) is 11.5 Å². The maximum absolute atomic E-state index is 12.4. The van der Waals surface area contributed by atoms with Gasteiger partial charge in [-0.15, -0.1) is 0 Å². The average molecular weight is 369 g/mol. The molecule has 1 heterocycles. The number of para-hydroxylation sites is 2. The molecule has 0 spiro atoms. The van der Waals surface area contributed by atoms with Crippen molar-refractivity contribution in [2.45, 2.75) is 12.8 Å². The first-order chi connectivity index (χ1) is 13.1. The Balaban J connectivity index is 1.73. The summed E-state index contributed by atoms with van der Waals surface area (Å²) < 4.78 is 10.8. The summed E-state index contributed by atoms with van der Waals surface area (Å²) in [6, 6.07) is 12.2. The Morgan fingerprint density at radius 3 is 2.48 bits per heavy atom. The number of amides is 2. The van der Waals surface area contributed by atoms with E-state index in [1.807, 2.05) is 12.1 Å². The van der Waals surface area contributed by atoms with Crippen molar-refractivity contribution in [3.8, 4) is 11.5 Å². The quantitative estimate of drug-likeness (QED) is 0.782. The van der Waals surface area contributed by atoms with Crippen molar-refractivity contribution >= 4 is 23.2 Å². The fourth-order valence-corrected chi connectivity index (χ4v) is 3.09. The Morgan fingerprint density at radius 1 is 1.11 bits per heavy atom. The van der Waals surface area contributed by atoms with E-state index in [9.17, 15) is 9.59 Å². The molecule has 27 heavy (non-hydrogen) atoms. The van der Waals surface area contributed by atoms with Gasteiger partial charge >= 0.3 is 0 Å². The lowest BCUT2D eigenvalue weighted by molar-refractivity contribution is -0.118. The minimum absolute atomic E-state index is 0.180. The minimum atomic E-state index is -0.538. The SMILES string of the molecule is COc1ccccc1OCC(=O)Nc1cc(C(N)=O)ccc1N1CCCC1. The molecule has 0 atom stereocenters. The van der Waals surface area contributed by atoms with E-state index in [1.54, 1.807) is 37.4 Å². The standard InChI is InChI=1S/C20H23N3O4/c1-26-17-6-2-3-7-18(17)27-13-19(24)22-15-12-14(20(21)25)8-9-16(15)23-10-4-5-11-23/h2-3,6-9,12H,4-5,10-11,13H2,1H3,(H2,21,25)(H,22,24). The number of nitrogens with one attached hydrogen (secondary N) is 1. The van der Waals surface area contributed by atoms with Crippen molar-refractivity contribution in [2.75, 3.05) is 37.0 Å².